The molecule has 38 heavy (non-hydrogen) atoms. The second-order valence-corrected chi connectivity index (χ2v) is 13.3. The van der Waals surface area contributed by atoms with Gasteiger partial charge in [0, 0.05) is 13.1 Å². The average molecular weight is 605 g/mol. The summed E-state index contributed by atoms with van der Waals surface area (Å²) in [5, 5.41) is 29.5. The number of aromatic nitrogens is 2. The summed E-state index contributed by atoms with van der Waals surface area (Å²) in [7, 11) is 0. The lowest BCUT2D eigenvalue weighted by atomic mass is 10.2. The zero-order chi connectivity index (χ0) is 29.0. The third-order valence-electron chi connectivity index (χ3n) is 4.37. The van der Waals surface area contributed by atoms with Gasteiger partial charge in [0.05, 0.1) is 11.4 Å². The van der Waals surface area contributed by atoms with Crippen molar-refractivity contribution in [2.45, 2.75) is 79.7 Å². The SMILES string of the molecule is C/C(=N\NC(=O)OC(C)(C)C)c1sc(=S)n(CCn2c(O)c(/C(C)=N/NC(=O)OC(C)(C)C)sc2=S)c1O. The van der Waals surface area contributed by atoms with Crippen LogP contribution in [0, 0.1) is 7.91 Å². The number of rotatable bonds is 7. The number of hydrogen-bond acceptors (Lipinski definition) is 12. The largest absolute Gasteiger partial charge is 0.493 e. The molecule has 2 rings (SSSR count). The summed E-state index contributed by atoms with van der Waals surface area (Å²) in [6, 6.07) is 0. The van der Waals surface area contributed by atoms with Crippen LogP contribution in [0.1, 0.15) is 65.1 Å². The highest BCUT2D eigenvalue weighted by molar-refractivity contribution is 7.73. The Bertz CT molecular complexity index is 1270. The van der Waals surface area contributed by atoms with Crippen LogP contribution in [0.5, 0.6) is 11.8 Å². The molecule has 0 saturated carbocycles. The zero-order valence-corrected chi connectivity index (χ0v) is 25.6. The second kappa shape index (κ2) is 12.4. The highest BCUT2D eigenvalue weighted by atomic mass is 32.2. The molecule has 0 bridgehead atoms. The lowest BCUT2D eigenvalue weighted by Gasteiger charge is -2.18. The van der Waals surface area contributed by atoms with Crippen LogP contribution in [-0.2, 0) is 22.6 Å². The summed E-state index contributed by atoms with van der Waals surface area (Å²) in [6.07, 6.45) is -1.45. The summed E-state index contributed by atoms with van der Waals surface area (Å²) in [6.45, 7) is 14.0. The Kier molecular flexibility index (Phi) is 10.2. The number of ether oxygens (including phenoxy) is 2. The normalized spacial score (nSPS) is 12.8. The van der Waals surface area contributed by atoms with E-state index in [1.807, 2.05) is 0 Å². The molecule has 210 valence electrons. The van der Waals surface area contributed by atoms with Gasteiger partial charge in [0.2, 0.25) is 11.8 Å². The molecule has 0 fully saturated rings. The van der Waals surface area contributed by atoms with Crippen molar-refractivity contribution in [1.29, 1.82) is 0 Å². The van der Waals surface area contributed by atoms with Crippen molar-refractivity contribution >= 4 is 70.7 Å². The number of nitrogens with one attached hydrogen (secondary N) is 2. The Balaban J connectivity index is 2.16. The van der Waals surface area contributed by atoms with Gasteiger partial charge in [0.25, 0.3) is 0 Å². The summed E-state index contributed by atoms with van der Waals surface area (Å²) in [5.74, 6) is -0.263. The van der Waals surface area contributed by atoms with Crippen LogP contribution in [-0.4, -0.2) is 54.2 Å². The first-order chi connectivity index (χ1) is 17.4. The van der Waals surface area contributed by atoms with Crippen LogP contribution >= 0.6 is 47.1 Å². The van der Waals surface area contributed by atoms with Gasteiger partial charge in [-0.1, -0.05) is 22.7 Å². The molecule has 0 aliphatic rings. The van der Waals surface area contributed by atoms with Crippen LogP contribution in [0.4, 0.5) is 9.59 Å². The van der Waals surface area contributed by atoms with Crippen LogP contribution in [0.3, 0.4) is 0 Å². The van der Waals surface area contributed by atoms with Crippen molar-refractivity contribution in [3.05, 3.63) is 17.7 Å². The van der Waals surface area contributed by atoms with Crippen LogP contribution in [0.2, 0.25) is 0 Å². The van der Waals surface area contributed by atoms with Gasteiger partial charge in [-0.25, -0.2) is 20.4 Å². The minimum atomic E-state index is -0.724. The van der Waals surface area contributed by atoms with E-state index < -0.39 is 23.4 Å². The molecular formula is C22H32N6O6S4. The van der Waals surface area contributed by atoms with Gasteiger partial charge in [-0.3, -0.25) is 9.13 Å². The summed E-state index contributed by atoms with van der Waals surface area (Å²) < 4.78 is 14.0. The molecule has 0 aromatic carbocycles. The lowest BCUT2D eigenvalue weighted by molar-refractivity contribution is 0.0518. The van der Waals surface area contributed by atoms with Crippen LogP contribution in [0.25, 0.3) is 0 Å². The van der Waals surface area contributed by atoms with E-state index in [1.54, 1.807) is 55.4 Å². The second-order valence-electron chi connectivity index (χ2n) is 9.97. The molecule has 0 spiro atoms. The van der Waals surface area contributed by atoms with Gasteiger partial charge in [-0.2, -0.15) is 10.2 Å². The topological polar surface area (TPSA) is 152 Å². The van der Waals surface area contributed by atoms with Gasteiger partial charge in [0.15, 0.2) is 7.91 Å². The number of aromatic hydroxyl groups is 2. The number of hydrazone groups is 2. The van der Waals surface area contributed by atoms with E-state index in [1.165, 1.54) is 9.13 Å². The van der Waals surface area contributed by atoms with Crippen molar-refractivity contribution in [3.8, 4) is 11.8 Å². The monoisotopic (exact) mass is 604 g/mol. The number of thiazole rings is 2. The Labute approximate surface area is 238 Å². The molecule has 0 unspecified atom stereocenters. The predicted molar refractivity (Wildman–Crippen MR) is 153 cm³/mol. The highest BCUT2D eigenvalue weighted by Crippen LogP contribution is 2.29. The number of carbonyl (C=O) groups excluding carboxylic acids is 2. The molecule has 2 aromatic rings. The van der Waals surface area contributed by atoms with Crippen molar-refractivity contribution in [1.82, 2.24) is 20.0 Å². The van der Waals surface area contributed by atoms with Crippen LogP contribution < -0.4 is 10.9 Å². The number of hydrogen-bond donors (Lipinski definition) is 4. The number of amides is 2. The Morgan fingerprint density at radius 2 is 1.11 bits per heavy atom. The van der Waals surface area contributed by atoms with Crippen molar-refractivity contribution < 1.29 is 29.3 Å². The Hall–Kier alpha value is -2.82. The minimum absolute atomic E-state index is 0.131. The van der Waals surface area contributed by atoms with Gasteiger partial charge >= 0.3 is 12.2 Å². The Morgan fingerprint density at radius 3 is 1.39 bits per heavy atom. The smallest absolute Gasteiger partial charge is 0.428 e. The van der Waals surface area contributed by atoms with Crippen molar-refractivity contribution in [3.63, 3.8) is 0 Å². The molecule has 0 aliphatic carbocycles. The maximum Gasteiger partial charge on any atom is 0.428 e. The maximum atomic E-state index is 11.9. The fourth-order valence-electron chi connectivity index (χ4n) is 2.82. The van der Waals surface area contributed by atoms with E-state index in [0.717, 1.165) is 22.7 Å². The van der Waals surface area contributed by atoms with E-state index >= 15 is 0 Å². The van der Waals surface area contributed by atoms with E-state index in [4.69, 9.17) is 33.9 Å². The molecule has 12 nitrogen and oxygen atoms in total. The molecule has 0 atom stereocenters. The number of carbonyl (C=O) groups is 2. The number of nitrogens with zero attached hydrogens (tertiary/aromatic N) is 4. The van der Waals surface area contributed by atoms with Gasteiger partial charge in [-0.05, 0) is 79.8 Å². The third kappa shape index (κ3) is 8.89. The fourth-order valence-corrected chi connectivity index (χ4v) is 5.39. The lowest BCUT2D eigenvalue weighted by Crippen LogP contribution is -2.30. The molecule has 2 heterocycles. The standard InChI is InChI=1S/C22H32N6O6S4/c1-11(23-25-17(31)33-21(3,4)5)13-15(29)27(19(35)37-13)9-10-28-16(30)14(38-20(28)36)12(2)24-26-18(32)34-22(6,7)8/h29-30H,9-10H2,1-8H3,(H,25,31)(H,26,32)/b23-11+,24-12+. The molecule has 2 aromatic heterocycles. The summed E-state index contributed by atoms with van der Waals surface area (Å²) in [4.78, 5) is 24.5. The zero-order valence-electron chi connectivity index (χ0n) is 22.4. The fraction of sp³-hybridized carbons (Fsp3) is 0.545. The maximum absolute atomic E-state index is 11.9. The molecular weight excluding hydrogens is 573 g/mol. The predicted octanol–water partition coefficient (Wildman–Crippen LogP) is 5.48. The van der Waals surface area contributed by atoms with E-state index in [-0.39, 0.29) is 24.8 Å². The summed E-state index contributed by atoms with van der Waals surface area (Å²) in [5.41, 5.74) is 3.90. The van der Waals surface area contributed by atoms with Crippen molar-refractivity contribution in [2.24, 2.45) is 10.2 Å². The van der Waals surface area contributed by atoms with E-state index in [0.29, 0.717) is 29.1 Å². The van der Waals surface area contributed by atoms with Gasteiger partial charge in [-0.15, -0.1) is 0 Å². The van der Waals surface area contributed by atoms with E-state index in [2.05, 4.69) is 21.1 Å². The molecule has 0 radical (unpaired) electrons. The first kappa shape index (κ1) is 31.4. The van der Waals surface area contributed by atoms with Crippen molar-refractivity contribution in [2.75, 3.05) is 0 Å². The molecule has 2 amide bonds. The third-order valence-corrected chi connectivity index (χ3v) is 7.46. The quantitative estimate of drug-likeness (QED) is 0.184. The first-order valence-electron chi connectivity index (χ1n) is 11.3. The Morgan fingerprint density at radius 1 is 0.789 bits per heavy atom. The first-order valence-corrected chi connectivity index (χ1v) is 13.8. The molecule has 0 saturated heterocycles. The van der Waals surface area contributed by atoms with Gasteiger partial charge in [0.1, 0.15) is 21.0 Å². The molecule has 4 N–H and O–H groups in total. The average Bonchev–Trinajstić information content (AvgIpc) is 3.21. The highest BCUT2D eigenvalue weighted by Gasteiger charge is 2.20. The summed E-state index contributed by atoms with van der Waals surface area (Å²) >= 11 is 13.0. The van der Waals surface area contributed by atoms with Gasteiger partial charge < -0.3 is 19.7 Å². The molecule has 0 aliphatic heterocycles. The molecule has 16 heteroatoms. The minimum Gasteiger partial charge on any atom is -0.493 e. The van der Waals surface area contributed by atoms with E-state index in [9.17, 15) is 19.8 Å². The van der Waals surface area contributed by atoms with Crippen LogP contribution in [0.15, 0.2) is 10.2 Å².